The van der Waals surface area contributed by atoms with Gasteiger partial charge in [-0.15, -0.1) is 0 Å². The maximum atomic E-state index is 13.6. The predicted molar refractivity (Wildman–Crippen MR) is 62.0 cm³/mol. The summed E-state index contributed by atoms with van der Waals surface area (Å²) in [6.07, 6.45) is 4.22. The molecule has 16 heavy (non-hydrogen) atoms. The lowest BCUT2D eigenvalue weighted by molar-refractivity contribution is 0.410. The Hall–Kier alpha value is -1.09. The van der Waals surface area contributed by atoms with E-state index in [0.29, 0.717) is 17.7 Å². The minimum atomic E-state index is -0.217. The summed E-state index contributed by atoms with van der Waals surface area (Å²) in [5.41, 5.74) is 6.68. The number of benzene rings is 1. The van der Waals surface area contributed by atoms with Crippen molar-refractivity contribution in [3.8, 4) is 5.75 Å². The van der Waals surface area contributed by atoms with Crippen LogP contribution in [-0.4, -0.2) is 13.2 Å². The lowest BCUT2D eigenvalue weighted by Crippen LogP contribution is -2.23. The van der Waals surface area contributed by atoms with Crippen LogP contribution in [0.2, 0.25) is 0 Å². The average molecular weight is 223 g/mol. The number of nitrogens with two attached hydrogens (primary N) is 1. The molecule has 0 bridgehead atoms. The van der Waals surface area contributed by atoms with E-state index < -0.39 is 0 Å². The predicted octanol–water partition coefficient (Wildman–Crippen LogP) is 2.50. The lowest BCUT2D eigenvalue weighted by Gasteiger charge is -2.12. The zero-order valence-electron chi connectivity index (χ0n) is 9.58. The van der Waals surface area contributed by atoms with Gasteiger partial charge in [0.2, 0.25) is 0 Å². The first kappa shape index (κ1) is 11.4. The quantitative estimate of drug-likeness (QED) is 0.832. The third kappa shape index (κ3) is 2.95. The van der Waals surface area contributed by atoms with Gasteiger partial charge in [-0.3, -0.25) is 0 Å². The fraction of sp³-hybridized carbons (Fsp3) is 0.538. The molecule has 1 aliphatic rings. The summed E-state index contributed by atoms with van der Waals surface area (Å²) < 4.78 is 18.6. The number of ether oxygens (including phenoxy) is 1. The molecule has 0 spiro atoms. The molecule has 2 rings (SSSR count). The van der Waals surface area contributed by atoms with Crippen molar-refractivity contribution in [1.82, 2.24) is 0 Å². The Labute approximate surface area is 95.6 Å². The smallest absolute Gasteiger partial charge is 0.130 e. The summed E-state index contributed by atoms with van der Waals surface area (Å²) in [6, 6.07) is 5.04. The van der Waals surface area contributed by atoms with Gasteiger partial charge in [-0.25, -0.2) is 4.39 Å². The molecule has 2 nitrogen and oxygen atoms in total. The first-order valence-electron chi connectivity index (χ1n) is 5.77. The van der Waals surface area contributed by atoms with Crippen molar-refractivity contribution in [3.63, 3.8) is 0 Å². The molecular weight excluding hydrogens is 205 g/mol. The Morgan fingerprint density at radius 1 is 1.50 bits per heavy atom. The second-order valence-corrected chi connectivity index (χ2v) is 4.60. The van der Waals surface area contributed by atoms with Crippen LogP contribution in [0.25, 0.3) is 0 Å². The number of rotatable bonds is 5. The summed E-state index contributed by atoms with van der Waals surface area (Å²) in [4.78, 5) is 0. The largest absolute Gasteiger partial charge is 0.497 e. The highest BCUT2D eigenvalue weighted by Crippen LogP contribution is 2.33. The van der Waals surface area contributed by atoms with E-state index in [2.05, 4.69) is 0 Å². The van der Waals surface area contributed by atoms with Crippen molar-refractivity contribution in [2.24, 2.45) is 11.7 Å². The van der Waals surface area contributed by atoms with Gasteiger partial charge in [0, 0.05) is 12.1 Å². The van der Waals surface area contributed by atoms with Gasteiger partial charge < -0.3 is 10.5 Å². The molecule has 0 radical (unpaired) electrons. The number of methoxy groups -OCH3 is 1. The summed E-state index contributed by atoms with van der Waals surface area (Å²) in [5, 5.41) is 0. The Morgan fingerprint density at radius 2 is 2.25 bits per heavy atom. The molecule has 2 N–H and O–H groups in total. The Morgan fingerprint density at radius 3 is 2.81 bits per heavy atom. The molecule has 1 saturated carbocycles. The van der Waals surface area contributed by atoms with Crippen molar-refractivity contribution >= 4 is 0 Å². The van der Waals surface area contributed by atoms with Gasteiger partial charge in [-0.05, 0) is 30.4 Å². The van der Waals surface area contributed by atoms with Crippen LogP contribution in [0.15, 0.2) is 18.2 Å². The molecular formula is C13H18FNO. The number of hydrogen-bond acceptors (Lipinski definition) is 2. The van der Waals surface area contributed by atoms with E-state index in [1.165, 1.54) is 26.0 Å². The lowest BCUT2D eigenvalue weighted by atomic mass is 10.0. The van der Waals surface area contributed by atoms with Crippen molar-refractivity contribution in [2.45, 2.75) is 31.7 Å². The zero-order chi connectivity index (χ0) is 11.5. The Kier molecular flexibility index (Phi) is 3.44. The second-order valence-electron chi connectivity index (χ2n) is 4.60. The standard InChI is InChI=1S/C13H18FNO/c1-16-12-5-4-10(13(14)8-12)7-11(15)6-9-2-3-9/h4-5,8-9,11H,2-3,6-7,15H2,1H3. The van der Waals surface area contributed by atoms with Crippen molar-refractivity contribution in [1.29, 1.82) is 0 Å². The van der Waals surface area contributed by atoms with Crippen LogP contribution in [0.5, 0.6) is 5.75 Å². The third-order valence-electron chi connectivity index (χ3n) is 3.08. The third-order valence-corrected chi connectivity index (χ3v) is 3.08. The summed E-state index contributed by atoms with van der Waals surface area (Å²) in [6.45, 7) is 0. The van der Waals surface area contributed by atoms with Crippen molar-refractivity contribution in [2.75, 3.05) is 7.11 Å². The minimum Gasteiger partial charge on any atom is -0.497 e. The van der Waals surface area contributed by atoms with Crippen LogP contribution in [0.3, 0.4) is 0 Å². The van der Waals surface area contributed by atoms with E-state index in [4.69, 9.17) is 10.5 Å². The first-order valence-corrected chi connectivity index (χ1v) is 5.77. The molecule has 0 heterocycles. The number of halogens is 1. The van der Waals surface area contributed by atoms with Crippen molar-refractivity contribution < 1.29 is 9.13 Å². The Balaban J connectivity index is 1.96. The molecule has 1 unspecified atom stereocenters. The summed E-state index contributed by atoms with van der Waals surface area (Å²) in [7, 11) is 1.53. The fourth-order valence-electron chi connectivity index (χ4n) is 1.97. The minimum absolute atomic E-state index is 0.0791. The summed E-state index contributed by atoms with van der Waals surface area (Å²) >= 11 is 0. The second kappa shape index (κ2) is 4.83. The van der Waals surface area contributed by atoms with Gasteiger partial charge in [-0.1, -0.05) is 18.9 Å². The van der Waals surface area contributed by atoms with E-state index in [-0.39, 0.29) is 11.9 Å². The van der Waals surface area contributed by atoms with Crippen LogP contribution in [-0.2, 0) is 6.42 Å². The monoisotopic (exact) mass is 223 g/mol. The average Bonchev–Trinajstić information content (AvgIpc) is 3.05. The van der Waals surface area contributed by atoms with Crippen LogP contribution in [0.4, 0.5) is 4.39 Å². The van der Waals surface area contributed by atoms with Crippen molar-refractivity contribution in [3.05, 3.63) is 29.6 Å². The summed E-state index contributed by atoms with van der Waals surface area (Å²) in [5.74, 6) is 1.12. The van der Waals surface area contributed by atoms with E-state index in [9.17, 15) is 4.39 Å². The maximum absolute atomic E-state index is 13.6. The molecule has 1 fully saturated rings. The van der Waals surface area contributed by atoms with E-state index >= 15 is 0 Å². The normalized spacial score (nSPS) is 17.2. The zero-order valence-corrected chi connectivity index (χ0v) is 9.58. The van der Waals surface area contributed by atoms with Gasteiger partial charge in [0.1, 0.15) is 11.6 Å². The molecule has 0 aromatic heterocycles. The highest BCUT2D eigenvalue weighted by molar-refractivity contribution is 5.29. The van der Waals surface area contributed by atoms with Gasteiger partial charge in [0.15, 0.2) is 0 Å². The highest BCUT2D eigenvalue weighted by atomic mass is 19.1. The first-order chi connectivity index (χ1) is 7.69. The fourth-order valence-corrected chi connectivity index (χ4v) is 1.97. The molecule has 3 heteroatoms. The van der Waals surface area contributed by atoms with E-state index in [0.717, 1.165) is 12.3 Å². The highest BCUT2D eigenvalue weighted by Gasteiger charge is 2.24. The number of hydrogen-bond donors (Lipinski definition) is 1. The van der Waals surface area contributed by atoms with Crippen LogP contribution in [0.1, 0.15) is 24.8 Å². The van der Waals surface area contributed by atoms with Gasteiger partial charge in [-0.2, -0.15) is 0 Å². The molecule has 1 aromatic rings. The van der Waals surface area contributed by atoms with Crippen LogP contribution in [0, 0.1) is 11.7 Å². The molecule has 1 aromatic carbocycles. The van der Waals surface area contributed by atoms with Gasteiger partial charge in [0.25, 0.3) is 0 Å². The molecule has 0 amide bonds. The topological polar surface area (TPSA) is 35.2 Å². The van der Waals surface area contributed by atoms with E-state index in [1.807, 2.05) is 0 Å². The molecule has 0 saturated heterocycles. The molecule has 1 aliphatic carbocycles. The maximum Gasteiger partial charge on any atom is 0.130 e. The molecule has 0 aliphatic heterocycles. The van der Waals surface area contributed by atoms with Gasteiger partial charge in [0.05, 0.1) is 7.11 Å². The molecule has 1 atom stereocenters. The molecule has 88 valence electrons. The van der Waals surface area contributed by atoms with Crippen LogP contribution >= 0.6 is 0 Å². The van der Waals surface area contributed by atoms with Crippen LogP contribution < -0.4 is 10.5 Å². The van der Waals surface area contributed by atoms with Gasteiger partial charge >= 0.3 is 0 Å². The SMILES string of the molecule is COc1ccc(CC(N)CC2CC2)c(F)c1. The Bertz CT molecular complexity index is 363. The van der Waals surface area contributed by atoms with E-state index in [1.54, 1.807) is 12.1 Å².